The van der Waals surface area contributed by atoms with Gasteiger partial charge >= 0.3 is 0 Å². The number of thiazole rings is 1. The third-order valence-electron chi connectivity index (χ3n) is 4.10. The van der Waals surface area contributed by atoms with E-state index in [1.54, 1.807) is 12.1 Å². The van der Waals surface area contributed by atoms with Gasteiger partial charge in [-0.05, 0) is 18.2 Å². The molecule has 1 amide bonds. The van der Waals surface area contributed by atoms with Crippen molar-refractivity contribution < 1.29 is 23.2 Å². The molecule has 0 unspecified atom stereocenters. The van der Waals surface area contributed by atoms with E-state index in [1.165, 1.54) is 15.9 Å². The molecule has 1 N–H and O–H groups in total. The van der Waals surface area contributed by atoms with Gasteiger partial charge in [0.15, 0.2) is 17.6 Å². The molecule has 8 heteroatoms. The van der Waals surface area contributed by atoms with Crippen LogP contribution in [-0.2, 0) is 4.79 Å². The molecule has 3 rings (SSSR count). The highest BCUT2D eigenvalue weighted by Gasteiger charge is 2.22. The topological polar surface area (TPSA) is 46.9 Å². The van der Waals surface area contributed by atoms with Crippen molar-refractivity contribution in [2.75, 3.05) is 38.7 Å². The Labute approximate surface area is 166 Å². The molecule has 2 aromatic carbocycles. The predicted octanol–water partition coefficient (Wildman–Crippen LogP) is 2.52. The van der Waals surface area contributed by atoms with Crippen molar-refractivity contribution in [2.45, 2.75) is 6.42 Å². The number of carbonyl (C=O) groups is 1. The average molecular weight is 406 g/mol. The molecule has 0 aliphatic heterocycles. The van der Waals surface area contributed by atoms with Gasteiger partial charge < -0.3 is 9.64 Å². The number of anilines is 1. The Balaban J connectivity index is 1.81. The number of amides is 1. The van der Waals surface area contributed by atoms with Crippen LogP contribution in [0.1, 0.15) is 6.42 Å². The highest BCUT2D eigenvalue weighted by molar-refractivity contribution is 7.22. The first-order chi connectivity index (χ1) is 13.4. The molecule has 0 spiro atoms. The molecular formula is C20H22F2N3O2S+. The number of rotatable bonds is 8. The van der Waals surface area contributed by atoms with Gasteiger partial charge in [0.25, 0.3) is 5.91 Å². The highest BCUT2D eigenvalue weighted by atomic mass is 32.1. The zero-order valence-electron chi connectivity index (χ0n) is 15.7. The molecule has 0 saturated heterocycles. The summed E-state index contributed by atoms with van der Waals surface area (Å²) in [6, 6.07) is 11.1. The van der Waals surface area contributed by atoms with Crippen LogP contribution in [0.4, 0.5) is 13.9 Å². The Morgan fingerprint density at radius 2 is 1.96 bits per heavy atom. The van der Waals surface area contributed by atoms with Crippen LogP contribution in [0, 0.1) is 11.6 Å². The lowest BCUT2D eigenvalue weighted by Gasteiger charge is -2.20. The summed E-state index contributed by atoms with van der Waals surface area (Å²) in [5.41, 5.74) is 0.0708. The molecule has 0 aliphatic carbocycles. The number of halogens is 2. The summed E-state index contributed by atoms with van der Waals surface area (Å²) in [5.74, 6) is -1.09. The lowest BCUT2D eigenvalue weighted by atomic mass is 10.3. The summed E-state index contributed by atoms with van der Waals surface area (Å²) >= 11 is 1.09. The van der Waals surface area contributed by atoms with Crippen LogP contribution in [-0.4, -0.2) is 44.7 Å². The summed E-state index contributed by atoms with van der Waals surface area (Å²) in [5, 5.41) is 0.343. The molecule has 0 atom stereocenters. The van der Waals surface area contributed by atoms with Gasteiger partial charge in [-0.1, -0.05) is 29.5 Å². The van der Waals surface area contributed by atoms with Crippen LogP contribution in [0.3, 0.4) is 0 Å². The van der Waals surface area contributed by atoms with E-state index < -0.39 is 11.6 Å². The van der Waals surface area contributed by atoms with Crippen LogP contribution in [0.25, 0.3) is 10.2 Å². The van der Waals surface area contributed by atoms with Crippen LogP contribution < -0.4 is 14.5 Å². The second-order valence-corrected chi connectivity index (χ2v) is 7.70. The fourth-order valence-electron chi connectivity index (χ4n) is 2.72. The third kappa shape index (κ3) is 5.02. The molecule has 1 aromatic heterocycles. The van der Waals surface area contributed by atoms with E-state index in [4.69, 9.17) is 4.74 Å². The molecule has 0 aliphatic rings. The van der Waals surface area contributed by atoms with Crippen LogP contribution >= 0.6 is 11.3 Å². The fraction of sp³-hybridized carbons (Fsp3) is 0.300. The summed E-state index contributed by atoms with van der Waals surface area (Å²) < 4.78 is 33.5. The summed E-state index contributed by atoms with van der Waals surface area (Å²) in [7, 11) is 4.06. The number of para-hydroxylation sites is 1. The summed E-state index contributed by atoms with van der Waals surface area (Å²) in [6.07, 6.45) is 0.742. The molecule has 5 nitrogen and oxygen atoms in total. The number of hydrogen-bond acceptors (Lipinski definition) is 4. The Kier molecular flexibility index (Phi) is 6.53. The van der Waals surface area contributed by atoms with E-state index in [0.717, 1.165) is 30.4 Å². The van der Waals surface area contributed by atoms with Crippen LogP contribution in [0.5, 0.6) is 5.75 Å². The van der Waals surface area contributed by atoms with Gasteiger partial charge in [-0.15, -0.1) is 0 Å². The molecule has 148 valence electrons. The van der Waals surface area contributed by atoms with E-state index in [9.17, 15) is 13.6 Å². The maximum atomic E-state index is 14.0. The van der Waals surface area contributed by atoms with Gasteiger partial charge in [-0.2, -0.15) is 0 Å². The second kappa shape index (κ2) is 9.07. The minimum atomic E-state index is -0.733. The Hall–Kier alpha value is -2.58. The quantitative estimate of drug-likeness (QED) is 0.625. The van der Waals surface area contributed by atoms with Crippen molar-refractivity contribution in [2.24, 2.45) is 0 Å². The first kappa shape index (κ1) is 20.2. The lowest BCUT2D eigenvalue weighted by Crippen LogP contribution is -3.05. The van der Waals surface area contributed by atoms with Gasteiger partial charge in [-0.25, -0.2) is 13.8 Å². The summed E-state index contributed by atoms with van der Waals surface area (Å²) in [6.45, 7) is 1.12. The van der Waals surface area contributed by atoms with E-state index in [1.807, 2.05) is 32.3 Å². The van der Waals surface area contributed by atoms with E-state index >= 15 is 0 Å². The second-order valence-electron chi connectivity index (χ2n) is 6.69. The maximum absolute atomic E-state index is 14.0. The average Bonchev–Trinajstić information content (AvgIpc) is 3.08. The number of benzene rings is 2. The first-order valence-corrected chi connectivity index (χ1v) is 9.78. The van der Waals surface area contributed by atoms with Crippen molar-refractivity contribution in [1.29, 1.82) is 0 Å². The molecule has 0 radical (unpaired) electrons. The maximum Gasteiger partial charge on any atom is 0.266 e. The molecule has 28 heavy (non-hydrogen) atoms. The number of nitrogens with zero attached hydrogens (tertiary/aromatic N) is 2. The van der Waals surface area contributed by atoms with Gasteiger partial charge in [0.2, 0.25) is 0 Å². The largest absolute Gasteiger partial charge is 0.484 e. The monoisotopic (exact) mass is 406 g/mol. The SMILES string of the molecule is C[NH+](C)CCCN(C(=O)COc1ccccc1)c1nc2c(F)cc(F)cc2s1. The molecule has 0 saturated carbocycles. The first-order valence-electron chi connectivity index (χ1n) is 8.97. The zero-order valence-corrected chi connectivity index (χ0v) is 16.6. The van der Waals surface area contributed by atoms with Crippen molar-refractivity contribution in [3.8, 4) is 5.75 Å². The normalized spacial score (nSPS) is 11.2. The van der Waals surface area contributed by atoms with Gasteiger partial charge in [0, 0.05) is 19.0 Å². The van der Waals surface area contributed by atoms with Crippen LogP contribution in [0.2, 0.25) is 0 Å². The number of nitrogens with one attached hydrogen (secondary N) is 1. The van der Waals surface area contributed by atoms with Crippen molar-refractivity contribution in [1.82, 2.24) is 4.98 Å². The number of carbonyl (C=O) groups excluding carboxylic acids is 1. The van der Waals surface area contributed by atoms with E-state index in [0.29, 0.717) is 22.1 Å². The van der Waals surface area contributed by atoms with Gasteiger partial charge in [0.05, 0.1) is 25.3 Å². The molecule has 1 heterocycles. The van der Waals surface area contributed by atoms with E-state index in [-0.39, 0.29) is 18.0 Å². The predicted molar refractivity (Wildman–Crippen MR) is 106 cm³/mol. The molecular weight excluding hydrogens is 384 g/mol. The van der Waals surface area contributed by atoms with Crippen LogP contribution in [0.15, 0.2) is 42.5 Å². The van der Waals surface area contributed by atoms with Crippen molar-refractivity contribution in [3.05, 3.63) is 54.1 Å². The molecule has 0 fully saturated rings. The standard InChI is InChI=1S/C20H21F2N3O2S/c1-24(2)9-6-10-25(18(26)13-27-15-7-4-3-5-8-15)20-23-19-16(22)11-14(21)12-17(19)28-20/h3-5,7-8,11-12H,6,9-10,13H2,1-2H3/p+1. The highest BCUT2D eigenvalue weighted by Crippen LogP contribution is 2.31. The minimum Gasteiger partial charge on any atom is -0.484 e. The minimum absolute atomic E-state index is 0.0708. The number of fused-ring (bicyclic) bond motifs is 1. The number of ether oxygens (including phenoxy) is 1. The third-order valence-corrected chi connectivity index (χ3v) is 5.12. The number of hydrogen-bond donors (Lipinski definition) is 1. The van der Waals surface area contributed by atoms with E-state index in [2.05, 4.69) is 4.98 Å². The van der Waals surface area contributed by atoms with Crippen molar-refractivity contribution in [3.63, 3.8) is 0 Å². The Bertz CT molecular complexity index is 947. The Morgan fingerprint density at radius 1 is 1.21 bits per heavy atom. The van der Waals surface area contributed by atoms with Gasteiger partial charge in [-0.3, -0.25) is 9.69 Å². The fourth-order valence-corrected chi connectivity index (χ4v) is 3.77. The molecule has 3 aromatic rings. The van der Waals surface area contributed by atoms with Crippen molar-refractivity contribution >= 4 is 32.6 Å². The Morgan fingerprint density at radius 3 is 2.68 bits per heavy atom. The number of aromatic nitrogens is 1. The summed E-state index contributed by atoms with van der Waals surface area (Å²) in [4.78, 5) is 19.8. The lowest BCUT2D eigenvalue weighted by molar-refractivity contribution is -0.858. The van der Waals surface area contributed by atoms with Gasteiger partial charge in [0.1, 0.15) is 17.1 Å². The number of quaternary nitrogens is 1. The smallest absolute Gasteiger partial charge is 0.266 e. The zero-order chi connectivity index (χ0) is 20.1. The molecule has 0 bridgehead atoms.